The molecule has 0 fully saturated rings. The van der Waals surface area contributed by atoms with Crippen LogP contribution in [0.3, 0.4) is 0 Å². The van der Waals surface area contributed by atoms with Gasteiger partial charge >= 0.3 is 5.97 Å². The molecule has 0 bridgehead atoms. The number of carboxylic acids is 1. The van der Waals surface area contributed by atoms with E-state index in [-0.39, 0.29) is 4.21 Å². The van der Waals surface area contributed by atoms with Crippen LogP contribution in [0.2, 0.25) is 0 Å². The maximum Gasteiger partial charge on any atom is 0.307 e. The minimum Gasteiger partial charge on any atom is -0.481 e. The minimum atomic E-state index is -3.61. The average Bonchev–Trinajstić information content (AvgIpc) is 2.63. The van der Waals surface area contributed by atoms with Crippen molar-refractivity contribution in [1.29, 1.82) is 0 Å². The molecule has 5 nitrogen and oxygen atoms in total. The molecule has 1 heterocycles. The molecule has 17 heavy (non-hydrogen) atoms. The molecular formula is C10H15NO4S2. The van der Waals surface area contributed by atoms with E-state index in [1.54, 1.807) is 6.07 Å². The molecule has 1 aromatic heterocycles. The molecule has 0 spiro atoms. The summed E-state index contributed by atoms with van der Waals surface area (Å²) in [6.45, 7) is 4.82. The number of sulfonamides is 1. The van der Waals surface area contributed by atoms with Gasteiger partial charge in [0.1, 0.15) is 4.21 Å². The van der Waals surface area contributed by atoms with E-state index in [4.69, 9.17) is 5.11 Å². The lowest BCUT2D eigenvalue weighted by molar-refractivity contribution is -0.141. The molecular weight excluding hydrogens is 262 g/mol. The molecule has 96 valence electrons. The monoisotopic (exact) mass is 277 g/mol. The summed E-state index contributed by atoms with van der Waals surface area (Å²) in [5, 5.41) is 8.79. The number of aliphatic carboxylic acids is 1. The Hall–Kier alpha value is -0.920. The highest BCUT2D eigenvalue weighted by Gasteiger charge is 2.25. The Morgan fingerprint density at radius 2 is 2.00 bits per heavy atom. The molecule has 0 aliphatic rings. The van der Waals surface area contributed by atoms with Crippen molar-refractivity contribution < 1.29 is 18.3 Å². The highest BCUT2D eigenvalue weighted by molar-refractivity contribution is 7.91. The van der Waals surface area contributed by atoms with Gasteiger partial charge in [0, 0.05) is 10.9 Å². The van der Waals surface area contributed by atoms with Crippen LogP contribution in [0.15, 0.2) is 16.3 Å². The fraction of sp³-hybridized carbons (Fsp3) is 0.500. The zero-order valence-electron chi connectivity index (χ0n) is 9.80. The highest BCUT2D eigenvalue weighted by atomic mass is 32.2. The van der Waals surface area contributed by atoms with Crippen LogP contribution in [-0.2, 0) is 14.8 Å². The predicted octanol–water partition coefficient (Wildman–Crippen LogP) is 1.44. The number of hydrogen-bond donors (Lipinski definition) is 2. The molecule has 0 aromatic carbocycles. The predicted molar refractivity (Wildman–Crippen MR) is 65.6 cm³/mol. The molecule has 0 saturated heterocycles. The van der Waals surface area contributed by atoms with Crippen molar-refractivity contribution in [3.8, 4) is 0 Å². The van der Waals surface area contributed by atoms with Crippen molar-refractivity contribution in [2.75, 3.05) is 0 Å². The lowest BCUT2D eigenvalue weighted by Gasteiger charge is -2.16. The van der Waals surface area contributed by atoms with Gasteiger partial charge in [-0.1, -0.05) is 6.92 Å². The van der Waals surface area contributed by atoms with Gasteiger partial charge in [-0.2, -0.15) is 0 Å². The Morgan fingerprint density at radius 1 is 1.41 bits per heavy atom. The second kappa shape index (κ2) is 5.16. The number of carboxylic acid groups (broad SMARTS) is 1. The third-order valence-corrected chi connectivity index (χ3v) is 5.51. The van der Waals surface area contributed by atoms with E-state index in [1.807, 2.05) is 6.92 Å². The normalized spacial score (nSPS) is 15.5. The molecule has 0 aliphatic carbocycles. The Bertz CT molecular complexity index is 506. The van der Waals surface area contributed by atoms with E-state index >= 15 is 0 Å². The van der Waals surface area contributed by atoms with Crippen LogP contribution in [0, 0.1) is 12.8 Å². The summed E-state index contributed by atoms with van der Waals surface area (Å²) in [6.07, 6.45) is 0. The number of hydrogen-bond acceptors (Lipinski definition) is 4. The summed E-state index contributed by atoms with van der Waals surface area (Å²) in [5.41, 5.74) is 0. The maximum absolute atomic E-state index is 11.9. The van der Waals surface area contributed by atoms with Gasteiger partial charge in [-0.3, -0.25) is 4.79 Å². The smallest absolute Gasteiger partial charge is 0.307 e. The third-order valence-electron chi connectivity index (χ3n) is 2.46. The number of rotatable bonds is 5. The molecule has 2 unspecified atom stereocenters. The van der Waals surface area contributed by atoms with Crippen molar-refractivity contribution in [1.82, 2.24) is 4.72 Å². The van der Waals surface area contributed by atoms with Gasteiger partial charge in [-0.15, -0.1) is 11.3 Å². The summed E-state index contributed by atoms with van der Waals surface area (Å²) in [4.78, 5) is 11.6. The fourth-order valence-electron chi connectivity index (χ4n) is 1.18. The van der Waals surface area contributed by atoms with Crippen molar-refractivity contribution in [2.24, 2.45) is 5.92 Å². The SMILES string of the molecule is Cc1ccc(S(=O)(=O)NC(C)C(C)C(=O)O)s1. The zero-order valence-corrected chi connectivity index (χ0v) is 11.4. The lowest BCUT2D eigenvalue weighted by Crippen LogP contribution is -2.39. The molecule has 7 heteroatoms. The first kappa shape index (κ1) is 14.1. The molecule has 0 saturated carbocycles. The van der Waals surface area contributed by atoms with E-state index in [0.717, 1.165) is 16.2 Å². The van der Waals surface area contributed by atoms with Gasteiger partial charge in [0.15, 0.2) is 0 Å². The standard InChI is InChI=1S/C10H15NO4S2/c1-6-4-5-9(16-6)17(14,15)11-8(3)7(2)10(12)13/h4-5,7-8,11H,1-3H3,(H,12,13). The number of thiophene rings is 1. The minimum absolute atomic E-state index is 0.208. The van der Waals surface area contributed by atoms with Gasteiger partial charge in [0.25, 0.3) is 0 Å². The van der Waals surface area contributed by atoms with Gasteiger partial charge in [0.05, 0.1) is 5.92 Å². The Morgan fingerprint density at radius 3 is 2.41 bits per heavy atom. The summed E-state index contributed by atoms with van der Waals surface area (Å²) in [7, 11) is -3.61. The summed E-state index contributed by atoms with van der Waals surface area (Å²) in [6, 6.07) is 2.57. The second-order valence-electron chi connectivity index (χ2n) is 3.90. The van der Waals surface area contributed by atoms with Crippen molar-refractivity contribution >= 4 is 27.3 Å². The summed E-state index contributed by atoms with van der Waals surface area (Å²) < 4.78 is 26.4. The topological polar surface area (TPSA) is 83.5 Å². The average molecular weight is 277 g/mol. The van der Waals surface area contributed by atoms with Crippen LogP contribution in [-0.4, -0.2) is 25.5 Å². The van der Waals surface area contributed by atoms with E-state index in [9.17, 15) is 13.2 Å². The zero-order chi connectivity index (χ0) is 13.2. The summed E-state index contributed by atoms with van der Waals surface area (Å²) in [5.74, 6) is -1.80. The van der Waals surface area contributed by atoms with E-state index in [2.05, 4.69) is 4.72 Å². The number of nitrogens with one attached hydrogen (secondary N) is 1. The highest BCUT2D eigenvalue weighted by Crippen LogP contribution is 2.21. The molecule has 2 N–H and O–H groups in total. The van der Waals surface area contributed by atoms with Gasteiger partial charge in [-0.05, 0) is 26.0 Å². The number of aryl methyl sites for hydroxylation is 1. The van der Waals surface area contributed by atoms with Crippen molar-refractivity contribution in [3.63, 3.8) is 0 Å². The quantitative estimate of drug-likeness (QED) is 0.853. The van der Waals surface area contributed by atoms with E-state index in [0.29, 0.717) is 0 Å². The molecule has 0 radical (unpaired) electrons. The van der Waals surface area contributed by atoms with Gasteiger partial charge in [-0.25, -0.2) is 13.1 Å². The van der Waals surface area contributed by atoms with Crippen LogP contribution in [0.4, 0.5) is 0 Å². The first-order chi connectivity index (χ1) is 7.74. The Balaban J connectivity index is 2.84. The molecule has 0 aliphatic heterocycles. The first-order valence-electron chi connectivity index (χ1n) is 5.05. The van der Waals surface area contributed by atoms with E-state index < -0.39 is 28.0 Å². The fourth-order valence-corrected chi connectivity index (χ4v) is 3.80. The van der Waals surface area contributed by atoms with Crippen LogP contribution >= 0.6 is 11.3 Å². The van der Waals surface area contributed by atoms with Gasteiger partial charge in [0.2, 0.25) is 10.0 Å². The largest absolute Gasteiger partial charge is 0.481 e. The molecule has 2 atom stereocenters. The lowest BCUT2D eigenvalue weighted by atomic mass is 10.1. The molecule has 1 aromatic rings. The van der Waals surface area contributed by atoms with Crippen molar-refractivity contribution in [2.45, 2.75) is 31.0 Å². The Kier molecular flexibility index (Phi) is 4.29. The van der Waals surface area contributed by atoms with Crippen molar-refractivity contribution in [3.05, 3.63) is 17.0 Å². The maximum atomic E-state index is 11.9. The molecule has 1 rings (SSSR count). The molecule has 0 amide bonds. The van der Waals surface area contributed by atoms with Crippen LogP contribution in [0.1, 0.15) is 18.7 Å². The summed E-state index contributed by atoms with van der Waals surface area (Å²) >= 11 is 1.16. The van der Waals surface area contributed by atoms with Crippen LogP contribution in [0.5, 0.6) is 0 Å². The van der Waals surface area contributed by atoms with Crippen LogP contribution < -0.4 is 4.72 Å². The number of carbonyl (C=O) groups is 1. The Labute approximate surface area is 105 Å². The van der Waals surface area contributed by atoms with Gasteiger partial charge < -0.3 is 5.11 Å². The third kappa shape index (κ3) is 3.52. The van der Waals surface area contributed by atoms with Crippen LogP contribution in [0.25, 0.3) is 0 Å². The van der Waals surface area contributed by atoms with E-state index in [1.165, 1.54) is 19.9 Å². The first-order valence-corrected chi connectivity index (χ1v) is 7.35. The second-order valence-corrected chi connectivity index (χ2v) is 7.13.